The molecule has 19 heavy (non-hydrogen) atoms. The van der Waals surface area contributed by atoms with Gasteiger partial charge >= 0.3 is 11.9 Å². The van der Waals surface area contributed by atoms with E-state index in [1.54, 1.807) is 31.2 Å². The maximum Gasteiger partial charge on any atom is 0.343 e. The molecule has 0 heterocycles. The van der Waals surface area contributed by atoms with Crippen LogP contribution in [0, 0.1) is 6.92 Å². The number of hydrogen-bond acceptors (Lipinski definition) is 3. The first kappa shape index (κ1) is 12.8. The Hall–Kier alpha value is -2.62. The third-order valence-corrected chi connectivity index (χ3v) is 2.63. The number of ether oxygens (including phenoxy) is 1. The number of aryl methyl sites for hydroxylation is 1. The molecule has 4 nitrogen and oxygen atoms in total. The van der Waals surface area contributed by atoms with E-state index >= 15 is 0 Å². The molecule has 0 amide bonds. The number of carbonyl (C=O) groups is 2. The average molecular weight is 256 g/mol. The van der Waals surface area contributed by atoms with Gasteiger partial charge in [0.15, 0.2) is 0 Å². The standard InChI is InChI=1S/C15H12O4/c1-10-9-12(14(16)17)7-8-13(10)19-15(18)11-5-3-2-4-6-11/h2-9H,1H3,(H,16,17). The Balaban J connectivity index is 2.20. The zero-order chi connectivity index (χ0) is 13.8. The van der Waals surface area contributed by atoms with Crippen molar-refractivity contribution in [3.8, 4) is 5.75 Å². The molecule has 0 atom stereocenters. The number of carboxylic acid groups (broad SMARTS) is 1. The van der Waals surface area contributed by atoms with Gasteiger partial charge in [-0.15, -0.1) is 0 Å². The average Bonchev–Trinajstić information content (AvgIpc) is 2.41. The van der Waals surface area contributed by atoms with E-state index < -0.39 is 11.9 Å². The molecule has 0 fully saturated rings. The van der Waals surface area contributed by atoms with Gasteiger partial charge < -0.3 is 9.84 Å². The summed E-state index contributed by atoms with van der Waals surface area (Å²) in [5, 5.41) is 8.85. The largest absolute Gasteiger partial charge is 0.478 e. The number of rotatable bonds is 3. The van der Waals surface area contributed by atoms with Gasteiger partial charge in [0.25, 0.3) is 0 Å². The van der Waals surface area contributed by atoms with Crippen LogP contribution in [0.25, 0.3) is 0 Å². The second-order valence-corrected chi connectivity index (χ2v) is 4.04. The number of carboxylic acids is 1. The SMILES string of the molecule is Cc1cc(C(=O)O)ccc1OC(=O)c1ccccc1. The van der Waals surface area contributed by atoms with Gasteiger partial charge in [-0.1, -0.05) is 18.2 Å². The molecular formula is C15H12O4. The third kappa shape index (κ3) is 2.98. The topological polar surface area (TPSA) is 63.6 Å². The summed E-state index contributed by atoms with van der Waals surface area (Å²) in [6.07, 6.45) is 0. The Kier molecular flexibility index (Phi) is 3.61. The molecule has 4 heteroatoms. The zero-order valence-corrected chi connectivity index (χ0v) is 10.3. The van der Waals surface area contributed by atoms with Gasteiger partial charge in [-0.05, 0) is 42.8 Å². The van der Waals surface area contributed by atoms with E-state index in [0.29, 0.717) is 16.9 Å². The fraction of sp³-hybridized carbons (Fsp3) is 0.0667. The molecule has 96 valence electrons. The monoisotopic (exact) mass is 256 g/mol. The quantitative estimate of drug-likeness (QED) is 0.677. The van der Waals surface area contributed by atoms with E-state index in [2.05, 4.69) is 0 Å². The van der Waals surface area contributed by atoms with Gasteiger partial charge in [0.2, 0.25) is 0 Å². The van der Waals surface area contributed by atoms with Crippen molar-refractivity contribution in [3.05, 3.63) is 65.2 Å². The lowest BCUT2D eigenvalue weighted by atomic mass is 10.1. The summed E-state index contributed by atoms with van der Waals surface area (Å²) >= 11 is 0. The van der Waals surface area contributed by atoms with Gasteiger partial charge in [-0.3, -0.25) is 0 Å². The van der Waals surface area contributed by atoms with Crippen molar-refractivity contribution in [2.45, 2.75) is 6.92 Å². The first-order valence-electron chi connectivity index (χ1n) is 5.69. The summed E-state index contributed by atoms with van der Waals surface area (Å²) in [5.74, 6) is -1.12. The smallest absolute Gasteiger partial charge is 0.343 e. The third-order valence-electron chi connectivity index (χ3n) is 2.63. The number of carbonyl (C=O) groups excluding carboxylic acids is 1. The molecule has 0 aromatic heterocycles. The first-order valence-corrected chi connectivity index (χ1v) is 5.69. The summed E-state index contributed by atoms with van der Waals surface area (Å²) in [4.78, 5) is 22.6. The fourth-order valence-corrected chi connectivity index (χ4v) is 1.63. The molecule has 0 spiro atoms. The van der Waals surface area contributed by atoms with Crippen LogP contribution in [0.1, 0.15) is 26.3 Å². The molecule has 1 N–H and O–H groups in total. The van der Waals surface area contributed by atoms with Crippen molar-refractivity contribution in [1.82, 2.24) is 0 Å². The van der Waals surface area contributed by atoms with E-state index in [-0.39, 0.29) is 5.56 Å². The minimum absolute atomic E-state index is 0.164. The van der Waals surface area contributed by atoms with E-state index in [1.165, 1.54) is 18.2 Å². The molecule has 2 aromatic rings. The predicted octanol–water partition coefficient (Wildman–Crippen LogP) is 2.91. The van der Waals surface area contributed by atoms with Crippen LogP contribution in [0.15, 0.2) is 48.5 Å². The van der Waals surface area contributed by atoms with Crippen LogP contribution in [-0.4, -0.2) is 17.0 Å². The lowest BCUT2D eigenvalue weighted by Crippen LogP contribution is -2.09. The molecule has 2 rings (SSSR count). The summed E-state index contributed by atoms with van der Waals surface area (Å²) < 4.78 is 5.23. The first-order chi connectivity index (χ1) is 9.08. The van der Waals surface area contributed by atoms with Crippen molar-refractivity contribution >= 4 is 11.9 Å². The molecule has 0 saturated heterocycles. The van der Waals surface area contributed by atoms with Crippen LogP contribution in [0.3, 0.4) is 0 Å². The maximum absolute atomic E-state index is 11.8. The van der Waals surface area contributed by atoms with E-state index in [9.17, 15) is 9.59 Å². The lowest BCUT2D eigenvalue weighted by molar-refractivity contribution is 0.0696. The molecule has 0 aliphatic heterocycles. The maximum atomic E-state index is 11.8. The highest BCUT2D eigenvalue weighted by Gasteiger charge is 2.11. The van der Waals surface area contributed by atoms with Gasteiger partial charge in [0, 0.05) is 0 Å². The van der Waals surface area contributed by atoms with E-state index in [4.69, 9.17) is 9.84 Å². The second kappa shape index (κ2) is 5.35. The summed E-state index contributed by atoms with van der Waals surface area (Å²) in [7, 11) is 0. The highest BCUT2D eigenvalue weighted by atomic mass is 16.5. The Morgan fingerprint density at radius 2 is 1.68 bits per heavy atom. The zero-order valence-electron chi connectivity index (χ0n) is 10.3. The van der Waals surface area contributed by atoms with Gasteiger partial charge in [-0.25, -0.2) is 9.59 Å². The minimum atomic E-state index is -1.01. The van der Waals surface area contributed by atoms with Gasteiger partial charge in [0.05, 0.1) is 11.1 Å². The predicted molar refractivity (Wildman–Crippen MR) is 69.5 cm³/mol. The Labute approximate surface area is 110 Å². The molecule has 0 radical (unpaired) electrons. The lowest BCUT2D eigenvalue weighted by Gasteiger charge is -2.08. The number of hydrogen-bond donors (Lipinski definition) is 1. The van der Waals surface area contributed by atoms with Crippen LogP contribution >= 0.6 is 0 Å². The van der Waals surface area contributed by atoms with Crippen molar-refractivity contribution in [2.75, 3.05) is 0 Å². The Morgan fingerprint density at radius 3 is 2.26 bits per heavy atom. The highest BCUT2D eigenvalue weighted by molar-refractivity contribution is 5.91. The van der Waals surface area contributed by atoms with Gasteiger partial charge in [0.1, 0.15) is 5.75 Å². The van der Waals surface area contributed by atoms with Gasteiger partial charge in [-0.2, -0.15) is 0 Å². The van der Waals surface area contributed by atoms with Crippen molar-refractivity contribution in [1.29, 1.82) is 0 Å². The van der Waals surface area contributed by atoms with E-state index in [1.807, 2.05) is 6.07 Å². The highest BCUT2D eigenvalue weighted by Crippen LogP contribution is 2.20. The summed E-state index contributed by atoms with van der Waals surface area (Å²) in [6, 6.07) is 13.0. The van der Waals surface area contributed by atoms with Crippen molar-refractivity contribution < 1.29 is 19.4 Å². The fourth-order valence-electron chi connectivity index (χ4n) is 1.63. The molecule has 0 aliphatic carbocycles. The Bertz CT molecular complexity index is 617. The molecule has 0 bridgehead atoms. The normalized spacial score (nSPS) is 9.95. The van der Waals surface area contributed by atoms with Crippen LogP contribution in [0.4, 0.5) is 0 Å². The molecule has 0 unspecified atom stereocenters. The second-order valence-electron chi connectivity index (χ2n) is 4.04. The van der Waals surface area contributed by atoms with Crippen LogP contribution < -0.4 is 4.74 Å². The van der Waals surface area contributed by atoms with Crippen LogP contribution in [-0.2, 0) is 0 Å². The van der Waals surface area contributed by atoms with E-state index in [0.717, 1.165) is 0 Å². The van der Waals surface area contributed by atoms with Crippen molar-refractivity contribution in [2.24, 2.45) is 0 Å². The van der Waals surface area contributed by atoms with Crippen LogP contribution in [0.2, 0.25) is 0 Å². The molecule has 0 aliphatic rings. The minimum Gasteiger partial charge on any atom is -0.478 e. The summed E-state index contributed by atoms with van der Waals surface area (Å²) in [6.45, 7) is 1.69. The molecular weight excluding hydrogens is 244 g/mol. The number of aromatic carboxylic acids is 1. The van der Waals surface area contributed by atoms with Crippen molar-refractivity contribution in [3.63, 3.8) is 0 Å². The summed E-state index contributed by atoms with van der Waals surface area (Å²) in [5.41, 5.74) is 1.21. The van der Waals surface area contributed by atoms with Crippen LogP contribution in [0.5, 0.6) is 5.75 Å². The molecule has 2 aromatic carbocycles. The Morgan fingerprint density at radius 1 is 1.00 bits per heavy atom. The molecule has 0 saturated carbocycles. The number of esters is 1. The number of benzene rings is 2.